The number of aryl methyl sites for hydroxylation is 2. The van der Waals surface area contributed by atoms with Gasteiger partial charge in [-0.25, -0.2) is 8.42 Å². The first-order chi connectivity index (χ1) is 15.2. The number of rotatable bonds is 5. The lowest BCUT2D eigenvalue weighted by molar-refractivity contribution is -0.179. The van der Waals surface area contributed by atoms with Crippen LogP contribution in [0.15, 0.2) is 27.6 Å². The van der Waals surface area contributed by atoms with E-state index in [-0.39, 0.29) is 10.8 Å². The molecule has 172 valence electrons. The Morgan fingerprint density at radius 1 is 1.16 bits per heavy atom. The summed E-state index contributed by atoms with van der Waals surface area (Å²) >= 11 is 0. The number of sulfonamides is 1. The van der Waals surface area contributed by atoms with Crippen molar-refractivity contribution in [2.45, 2.75) is 44.3 Å². The molecule has 0 bridgehead atoms. The van der Waals surface area contributed by atoms with Crippen molar-refractivity contribution in [1.82, 2.24) is 9.46 Å². The van der Waals surface area contributed by atoms with Crippen LogP contribution in [0.5, 0.6) is 0 Å². The van der Waals surface area contributed by atoms with E-state index < -0.39 is 15.8 Å². The molecule has 2 aliphatic heterocycles. The minimum Gasteiger partial charge on any atom is -0.354 e. The quantitative estimate of drug-likeness (QED) is 0.729. The van der Waals surface area contributed by atoms with Gasteiger partial charge in [-0.3, -0.25) is 4.79 Å². The first kappa shape index (κ1) is 22.7. The lowest BCUT2D eigenvalue weighted by Gasteiger charge is -2.37. The first-order valence-corrected chi connectivity index (χ1v) is 11.9. The summed E-state index contributed by atoms with van der Waals surface area (Å²) < 4.78 is 44.9. The van der Waals surface area contributed by atoms with E-state index in [1.807, 2.05) is 6.07 Å². The fourth-order valence-electron chi connectivity index (χ4n) is 3.99. The van der Waals surface area contributed by atoms with E-state index in [1.165, 1.54) is 11.2 Å². The Bertz CT molecular complexity index is 1140. The number of ether oxygens (including phenoxy) is 2. The van der Waals surface area contributed by atoms with Crippen LogP contribution in [0.4, 0.5) is 5.69 Å². The molecule has 0 radical (unpaired) electrons. The van der Waals surface area contributed by atoms with Crippen LogP contribution in [-0.2, 0) is 24.3 Å². The minimum absolute atomic E-state index is 0.230. The van der Waals surface area contributed by atoms with Crippen molar-refractivity contribution >= 4 is 33.8 Å². The third-order valence-electron chi connectivity index (χ3n) is 5.75. The van der Waals surface area contributed by atoms with Crippen LogP contribution < -0.4 is 5.32 Å². The molecule has 0 aliphatic carbocycles. The number of piperidine rings is 1. The highest BCUT2D eigenvalue weighted by Gasteiger charge is 2.42. The standard InChI is InChI=1S/C22H27N3O6S/c1-15-4-5-18(6-7-19-21(23-17(3)26)16(2)24-31-19)14-20(15)32(27,28)25-10-8-22(9-11-25)29-12-13-30-22/h4-7,14H,8-13H2,1-3H3,(H,23,26)/b7-6-. The molecule has 1 amide bonds. The number of carbonyl (C=O) groups excluding carboxylic acids is 1. The Morgan fingerprint density at radius 3 is 2.50 bits per heavy atom. The normalized spacial score (nSPS) is 19.1. The summed E-state index contributed by atoms with van der Waals surface area (Å²) in [5.41, 5.74) is 2.41. The van der Waals surface area contributed by atoms with Gasteiger partial charge in [0.2, 0.25) is 15.9 Å². The molecule has 32 heavy (non-hydrogen) atoms. The maximum atomic E-state index is 13.4. The Balaban J connectivity index is 1.55. The minimum atomic E-state index is -3.67. The maximum Gasteiger partial charge on any atom is 0.243 e. The monoisotopic (exact) mass is 461 g/mol. The number of anilines is 1. The van der Waals surface area contributed by atoms with Gasteiger partial charge >= 0.3 is 0 Å². The predicted octanol–water partition coefficient (Wildman–Crippen LogP) is 2.95. The van der Waals surface area contributed by atoms with Crippen LogP contribution in [0.3, 0.4) is 0 Å². The van der Waals surface area contributed by atoms with Crippen molar-refractivity contribution in [3.63, 3.8) is 0 Å². The van der Waals surface area contributed by atoms with Gasteiger partial charge in [-0.1, -0.05) is 23.4 Å². The molecule has 1 spiro atoms. The predicted molar refractivity (Wildman–Crippen MR) is 118 cm³/mol. The van der Waals surface area contributed by atoms with Gasteiger partial charge < -0.3 is 19.3 Å². The van der Waals surface area contributed by atoms with Gasteiger partial charge in [0.1, 0.15) is 11.4 Å². The molecule has 2 aliphatic rings. The molecule has 10 heteroatoms. The van der Waals surface area contributed by atoms with Gasteiger partial charge in [-0.05, 0) is 37.1 Å². The molecule has 0 atom stereocenters. The van der Waals surface area contributed by atoms with E-state index in [4.69, 9.17) is 14.0 Å². The zero-order valence-electron chi connectivity index (χ0n) is 18.4. The van der Waals surface area contributed by atoms with Crippen LogP contribution in [0.1, 0.15) is 42.3 Å². The number of hydrogen-bond acceptors (Lipinski definition) is 7. The number of aromatic nitrogens is 1. The number of benzene rings is 1. The van der Waals surface area contributed by atoms with E-state index in [0.717, 1.165) is 0 Å². The topological polar surface area (TPSA) is 111 Å². The summed E-state index contributed by atoms with van der Waals surface area (Å²) in [7, 11) is -3.67. The Labute approximate surface area is 187 Å². The third kappa shape index (κ3) is 4.49. The molecular formula is C22H27N3O6S. The summed E-state index contributed by atoms with van der Waals surface area (Å²) in [4.78, 5) is 11.7. The summed E-state index contributed by atoms with van der Waals surface area (Å²) in [5, 5.41) is 6.58. The van der Waals surface area contributed by atoms with Gasteiger partial charge in [-0.15, -0.1) is 0 Å². The molecule has 2 saturated heterocycles. The van der Waals surface area contributed by atoms with Crippen molar-refractivity contribution < 1.29 is 27.2 Å². The van der Waals surface area contributed by atoms with Crippen LogP contribution in [-0.4, -0.2) is 55.9 Å². The van der Waals surface area contributed by atoms with Crippen molar-refractivity contribution in [2.24, 2.45) is 0 Å². The maximum absolute atomic E-state index is 13.4. The summed E-state index contributed by atoms with van der Waals surface area (Å²) in [6.45, 7) is 6.71. The van der Waals surface area contributed by atoms with E-state index >= 15 is 0 Å². The SMILES string of the molecule is CC(=O)Nc1c(C)noc1/C=C\c1ccc(C)c(S(=O)(=O)N2CCC3(CC2)OCCO3)c1. The van der Waals surface area contributed by atoms with Crippen LogP contribution in [0.2, 0.25) is 0 Å². The Hall–Kier alpha value is -2.53. The van der Waals surface area contributed by atoms with Crippen LogP contribution in [0.25, 0.3) is 12.2 Å². The van der Waals surface area contributed by atoms with Crippen molar-refractivity contribution in [3.8, 4) is 0 Å². The Morgan fingerprint density at radius 2 is 1.84 bits per heavy atom. The number of nitrogens with one attached hydrogen (secondary N) is 1. The molecule has 2 aromatic rings. The highest BCUT2D eigenvalue weighted by molar-refractivity contribution is 7.89. The molecular weight excluding hydrogens is 434 g/mol. The fraction of sp³-hybridized carbons (Fsp3) is 0.455. The van der Waals surface area contributed by atoms with Gasteiger partial charge in [-0.2, -0.15) is 4.31 Å². The highest BCUT2D eigenvalue weighted by atomic mass is 32.2. The second kappa shape index (κ2) is 8.78. The molecule has 0 saturated carbocycles. The summed E-state index contributed by atoms with van der Waals surface area (Å²) in [6, 6.07) is 5.26. The molecule has 3 heterocycles. The zero-order chi connectivity index (χ0) is 22.9. The third-order valence-corrected chi connectivity index (χ3v) is 7.79. The van der Waals surface area contributed by atoms with E-state index in [0.29, 0.717) is 67.4 Å². The molecule has 4 rings (SSSR count). The number of nitrogens with zero attached hydrogens (tertiary/aromatic N) is 2. The van der Waals surface area contributed by atoms with Crippen LogP contribution in [0, 0.1) is 13.8 Å². The van der Waals surface area contributed by atoms with Gasteiger partial charge in [0, 0.05) is 32.9 Å². The van der Waals surface area contributed by atoms with Gasteiger partial charge in [0.05, 0.1) is 18.1 Å². The lowest BCUT2D eigenvalue weighted by Crippen LogP contribution is -2.47. The Kier molecular flexibility index (Phi) is 6.22. The first-order valence-electron chi connectivity index (χ1n) is 10.5. The molecule has 2 fully saturated rings. The molecule has 1 aromatic heterocycles. The number of hydrogen-bond donors (Lipinski definition) is 1. The second-order valence-electron chi connectivity index (χ2n) is 8.06. The molecule has 1 N–H and O–H groups in total. The molecule has 1 aromatic carbocycles. The van der Waals surface area contributed by atoms with Crippen molar-refractivity contribution in [1.29, 1.82) is 0 Å². The van der Waals surface area contributed by atoms with Gasteiger partial charge in [0.15, 0.2) is 11.5 Å². The van der Waals surface area contributed by atoms with Gasteiger partial charge in [0.25, 0.3) is 0 Å². The average Bonchev–Trinajstić information content (AvgIpc) is 3.34. The smallest absolute Gasteiger partial charge is 0.243 e. The van der Waals surface area contributed by atoms with E-state index in [2.05, 4.69) is 10.5 Å². The van der Waals surface area contributed by atoms with Crippen LogP contribution >= 0.6 is 0 Å². The van der Waals surface area contributed by atoms with Crippen molar-refractivity contribution in [3.05, 3.63) is 40.8 Å². The number of carbonyl (C=O) groups is 1. The number of amides is 1. The largest absolute Gasteiger partial charge is 0.354 e. The summed E-state index contributed by atoms with van der Waals surface area (Å²) in [6.07, 6.45) is 4.42. The lowest BCUT2D eigenvalue weighted by atomic mass is 10.1. The van der Waals surface area contributed by atoms with E-state index in [9.17, 15) is 13.2 Å². The molecule has 0 unspecified atom stereocenters. The highest BCUT2D eigenvalue weighted by Crippen LogP contribution is 2.34. The second-order valence-corrected chi connectivity index (χ2v) is 9.96. The summed E-state index contributed by atoms with van der Waals surface area (Å²) in [5.74, 6) is -0.473. The molecule has 9 nitrogen and oxygen atoms in total. The van der Waals surface area contributed by atoms with E-state index in [1.54, 1.807) is 38.1 Å². The zero-order valence-corrected chi connectivity index (χ0v) is 19.2. The van der Waals surface area contributed by atoms with Crippen molar-refractivity contribution in [2.75, 3.05) is 31.6 Å². The average molecular weight is 462 g/mol. The fourth-order valence-corrected chi connectivity index (χ4v) is 5.69.